The van der Waals surface area contributed by atoms with Crippen LogP contribution in [0, 0.1) is 5.82 Å². The second-order valence-electron chi connectivity index (χ2n) is 3.45. The van der Waals surface area contributed by atoms with Crippen LogP contribution in [0.5, 0.6) is 0 Å². The van der Waals surface area contributed by atoms with E-state index in [-0.39, 0.29) is 22.1 Å². The third-order valence-corrected chi connectivity index (χ3v) is 2.97. The van der Waals surface area contributed by atoms with Crippen LogP contribution in [0.2, 0.25) is 5.02 Å². The molecular formula is C11H7BrClFN2O. The summed E-state index contributed by atoms with van der Waals surface area (Å²) in [6.07, 6.45) is 1.38. The predicted molar refractivity (Wildman–Crippen MR) is 65.8 cm³/mol. The van der Waals surface area contributed by atoms with Gasteiger partial charge in [-0.2, -0.15) is 5.10 Å². The van der Waals surface area contributed by atoms with Gasteiger partial charge in [0.05, 0.1) is 11.2 Å². The van der Waals surface area contributed by atoms with Gasteiger partial charge in [-0.05, 0) is 18.2 Å². The van der Waals surface area contributed by atoms with Crippen molar-refractivity contribution in [3.63, 3.8) is 0 Å². The Hall–Kier alpha value is -1.20. The number of carbonyl (C=O) groups excluding carboxylic acids is 1. The zero-order chi connectivity index (χ0) is 12.6. The molecule has 17 heavy (non-hydrogen) atoms. The molecule has 2 aromatic rings. The van der Waals surface area contributed by atoms with E-state index in [9.17, 15) is 9.18 Å². The zero-order valence-electron chi connectivity index (χ0n) is 8.75. The van der Waals surface area contributed by atoms with Crippen LogP contribution in [0.15, 0.2) is 28.9 Å². The van der Waals surface area contributed by atoms with Crippen LogP contribution in [0.1, 0.15) is 16.1 Å². The highest BCUT2D eigenvalue weighted by atomic mass is 79.9. The van der Waals surface area contributed by atoms with Crippen molar-refractivity contribution in [3.8, 4) is 0 Å². The van der Waals surface area contributed by atoms with Crippen molar-refractivity contribution in [2.45, 2.75) is 0 Å². The molecule has 88 valence electrons. The topological polar surface area (TPSA) is 34.9 Å². The van der Waals surface area contributed by atoms with E-state index in [0.29, 0.717) is 4.47 Å². The molecule has 0 bridgehead atoms. The van der Waals surface area contributed by atoms with Crippen LogP contribution < -0.4 is 0 Å². The van der Waals surface area contributed by atoms with Crippen LogP contribution in [-0.2, 0) is 7.05 Å². The molecular weight excluding hydrogens is 310 g/mol. The van der Waals surface area contributed by atoms with E-state index in [0.717, 1.165) is 6.07 Å². The van der Waals surface area contributed by atoms with Crippen molar-refractivity contribution in [2.24, 2.45) is 7.05 Å². The number of carbonyl (C=O) groups is 1. The fraction of sp³-hybridized carbons (Fsp3) is 0.0909. The third-order valence-electron chi connectivity index (χ3n) is 2.23. The quantitative estimate of drug-likeness (QED) is 0.797. The van der Waals surface area contributed by atoms with Gasteiger partial charge in [-0.1, -0.05) is 27.5 Å². The van der Waals surface area contributed by atoms with Gasteiger partial charge in [0, 0.05) is 17.1 Å². The van der Waals surface area contributed by atoms with Crippen LogP contribution in [0.4, 0.5) is 4.39 Å². The first-order valence-corrected chi connectivity index (χ1v) is 5.84. The number of rotatable bonds is 2. The van der Waals surface area contributed by atoms with E-state index in [4.69, 9.17) is 11.6 Å². The number of benzene rings is 1. The van der Waals surface area contributed by atoms with Gasteiger partial charge >= 0.3 is 0 Å². The molecule has 0 spiro atoms. The summed E-state index contributed by atoms with van der Waals surface area (Å²) in [5.74, 6) is -0.851. The predicted octanol–water partition coefficient (Wildman–Crippen LogP) is 3.21. The molecule has 0 saturated carbocycles. The van der Waals surface area contributed by atoms with Crippen molar-refractivity contribution < 1.29 is 9.18 Å². The number of aryl methyl sites for hydroxylation is 1. The van der Waals surface area contributed by atoms with Crippen LogP contribution >= 0.6 is 27.5 Å². The Balaban J connectivity index is 2.51. The first-order valence-electron chi connectivity index (χ1n) is 4.67. The normalized spacial score (nSPS) is 10.6. The van der Waals surface area contributed by atoms with Crippen molar-refractivity contribution in [3.05, 3.63) is 51.0 Å². The lowest BCUT2D eigenvalue weighted by molar-refractivity contribution is 0.103. The standard InChI is InChI=1S/C11H7BrClFN2O/c1-16-10(9(13)5-15-16)11(17)6-2-7(12)4-8(14)3-6/h2-5H,1H3. The van der Waals surface area contributed by atoms with Crippen molar-refractivity contribution >= 4 is 33.3 Å². The number of hydrogen-bond donors (Lipinski definition) is 0. The van der Waals surface area contributed by atoms with Crippen LogP contribution in [0.25, 0.3) is 0 Å². The van der Waals surface area contributed by atoms with Gasteiger partial charge in [-0.15, -0.1) is 0 Å². The molecule has 1 heterocycles. The Morgan fingerprint density at radius 2 is 2.18 bits per heavy atom. The fourth-order valence-corrected chi connectivity index (χ4v) is 2.20. The molecule has 0 aliphatic rings. The average Bonchev–Trinajstić information content (AvgIpc) is 2.56. The number of nitrogens with zero attached hydrogens (tertiary/aromatic N) is 2. The van der Waals surface area contributed by atoms with Gasteiger partial charge in [0.2, 0.25) is 5.78 Å². The zero-order valence-corrected chi connectivity index (χ0v) is 11.1. The first-order chi connectivity index (χ1) is 7.99. The second kappa shape index (κ2) is 4.58. The Kier molecular flexibility index (Phi) is 3.31. The summed E-state index contributed by atoms with van der Waals surface area (Å²) in [6.45, 7) is 0. The smallest absolute Gasteiger partial charge is 0.212 e. The van der Waals surface area contributed by atoms with Gasteiger partial charge < -0.3 is 0 Å². The minimum atomic E-state index is -0.485. The van der Waals surface area contributed by atoms with Gasteiger partial charge in [0.15, 0.2) is 0 Å². The van der Waals surface area contributed by atoms with E-state index < -0.39 is 5.82 Å². The summed E-state index contributed by atoms with van der Waals surface area (Å²) in [7, 11) is 1.60. The van der Waals surface area contributed by atoms with Gasteiger partial charge in [-0.3, -0.25) is 9.48 Å². The molecule has 0 saturated heterocycles. The highest BCUT2D eigenvalue weighted by molar-refractivity contribution is 9.10. The molecule has 0 aliphatic heterocycles. The molecule has 0 N–H and O–H groups in total. The van der Waals surface area contributed by atoms with Crippen molar-refractivity contribution in [2.75, 3.05) is 0 Å². The molecule has 0 aliphatic carbocycles. The minimum Gasteiger partial charge on any atom is -0.287 e. The summed E-state index contributed by atoms with van der Waals surface area (Å²) in [6, 6.07) is 3.98. The van der Waals surface area contributed by atoms with Crippen molar-refractivity contribution in [1.29, 1.82) is 0 Å². The molecule has 6 heteroatoms. The summed E-state index contributed by atoms with van der Waals surface area (Å²) < 4.78 is 15.1. The summed E-state index contributed by atoms with van der Waals surface area (Å²) >= 11 is 8.99. The molecule has 2 rings (SSSR count). The average molecular weight is 318 g/mol. The highest BCUT2D eigenvalue weighted by Crippen LogP contribution is 2.21. The molecule has 3 nitrogen and oxygen atoms in total. The maximum Gasteiger partial charge on any atom is 0.212 e. The third kappa shape index (κ3) is 2.40. The van der Waals surface area contributed by atoms with E-state index in [1.807, 2.05) is 0 Å². The van der Waals surface area contributed by atoms with E-state index in [2.05, 4.69) is 21.0 Å². The molecule has 0 fully saturated rings. The maximum absolute atomic E-state index is 13.2. The molecule has 0 unspecified atom stereocenters. The van der Waals surface area contributed by atoms with E-state index >= 15 is 0 Å². The van der Waals surface area contributed by atoms with Gasteiger partial charge in [0.25, 0.3) is 0 Å². The van der Waals surface area contributed by atoms with Gasteiger partial charge in [-0.25, -0.2) is 4.39 Å². The Labute approximate surface area is 110 Å². The summed E-state index contributed by atoms with van der Waals surface area (Å²) in [5, 5.41) is 4.11. The summed E-state index contributed by atoms with van der Waals surface area (Å²) in [4.78, 5) is 12.1. The van der Waals surface area contributed by atoms with Gasteiger partial charge in [0.1, 0.15) is 11.5 Å². The largest absolute Gasteiger partial charge is 0.287 e. The van der Waals surface area contributed by atoms with E-state index in [1.165, 1.54) is 23.0 Å². The Morgan fingerprint density at radius 3 is 2.71 bits per heavy atom. The molecule has 1 aromatic carbocycles. The first kappa shape index (κ1) is 12.3. The van der Waals surface area contributed by atoms with Crippen LogP contribution in [0.3, 0.4) is 0 Å². The Bertz CT molecular complexity index is 557. The molecule has 0 atom stereocenters. The molecule has 0 radical (unpaired) electrons. The maximum atomic E-state index is 13.2. The monoisotopic (exact) mass is 316 g/mol. The van der Waals surface area contributed by atoms with E-state index in [1.54, 1.807) is 7.05 Å². The second-order valence-corrected chi connectivity index (χ2v) is 4.77. The number of ketones is 1. The lowest BCUT2D eigenvalue weighted by Crippen LogP contribution is -2.09. The van der Waals surface area contributed by atoms with Crippen LogP contribution in [-0.4, -0.2) is 15.6 Å². The lowest BCUT2D eigenvalue weighted by atomic mass is 10.1. The number of hydrogen-bond acceptors (Lipinski definition) is 2. The fourth-order valence-electron chi connectivity index (χ4n) is 1.49. The molecule has 0 amide bonds. The SMILES string of the molecule is Cn1ncc(Cl)c1C(=O)c1cc(F)cc(Br)c1. The summed E-state index contributed by atoms with van der Waals surface area (Å²) in [5.41, 5.74) is 0.464. The highest BCUT2D eigenvalue weighted by Gasteiger charge is 2.18. The molecule has 1 aromatic heterocycles. The van der Waals surface area contributed by atoms with Crippen molar-refractivity contribution in [1.82, 2.24) is 9.78 Å². The number of halogens is 3. The number of aromatic nitrogens is 2. The minimum absolute atomic E-state index is 0.224. The lowest BCUT2D eigenvalue weighted by Gasteiger charge is -2.03. The Morgan fingerprint density at radius 1 is 1.47 bits per heavy atom.